The zero-order valence-corrected chi connectivity index (χ0v) is 10.3. The summed E-state index contributed by atoms with van der Waals surface area (Å²) in [4.78, 5) is 11.8. The third kappa shape index (κ3) is 2.33. The quantitative estimate of drug-likeness (QED) is 0.724. The highest BCUT2D eigenvalue weighted by Gasteiger charge is 2.05. The predicted octanol–water partition coefficient (Wildman–Crippen LogP) is 3.19. The lowest BCUT2D eigenvalue weighted by Crippen LogP contribution is -1.92. The Balaban J connectivity index is 1.90. The lowest BCUT2D eigenvalue weighted by molar-refractivity contribution is 0.363. The van der Waals surface area contributed by atoms with Crippen molar-refractivity contribution in [2.45, 2.75) is 0 Å². The number of hydrogen-bond acceptors (Lipinski definition) is 3. The van der Waals surface area contributed by atoms with E-state index in [1.165, 1.54) is 0 Å². The van der Waals surface area contributed by atoms with Crippen LogP contribution in [-0.2, 0) is 0 Å². The molecule has 3 rings (SSSR count). The molecule has 2 heterocycles. The SMILES string of the molecule is C=CCOc1ccc(-c2nc3ccncc3[nH]2)cc1. The molecule has 0 saturated carbocycles. The molecule has 4 heteroatoms. The minimum absolute atomic E-state index is 0.510. The molecule has 0 atom stereocenters. The molecule has 0 spiro atoms. The van der Waals surface area contributed by atoms with Crippen molar-refractivity contribution in [3.8, 4) is 17.1 Å². The second-order valence-corrected chi connectivity index (χ2v) is 4.10. The van der Waals surface area contributed by atoms with Crippen LogP contribution in [0.15, 0.2) is 55.4 Å². The van der Waals surface area contributed by atoms with Crippen molar-refractivity contribution in [1.82, 2.24) is 15.0 Å². The molecule has 1 aromatic carbocycles. The smallest absolute Gasteiger partial charge is 0.138 e. The maximum atomic E-state index is 5.45. The van der Waals surface area contributed by atoms with E-state index in [4.69, 9.17) is 4.74 Å². The summed E-state index contributed by atoms with van der Waals surface area (Å²) in [5, 5.41) is 0. The number of nitrogens with zero attached hydrogens (tertiary/aromatic N) is 2. The lowest BCUT2D eigenvalue weighted by Gasteiger charge is -2.03. The number of pyridine rings is 1. The van der Waals surface area contributed by atoms with E-state index in [2.05, 4.69) is 21.5 Å². The molecule has 19 heavy (non-hydrogen) atoms. The Morgan fingerprint density at radius 1 is 1.21 bits per heavy atom. The van der Waals surface area contributed by atoms with Gasteiger partial charge in [0.05, 0.1) is 17.2 Å². The monoisotopic (exact) mass is 251 g/mol. The third-order valence-electron chi connectivity index (χ3n) is 2.78. The van der Waals surface area contributed by atoms with Gasteiger partial charge in [0.2, 0.25) is 0 Å². The van der Waals surface area contributed by atoms with Crippen LogP contribution in [0.25, 0.3) is 22.4 Å². The molecule has 0 aliphatic carbocycles. The van der Waals surface area contributed by atoms with Gasteiger partial charge in [-0.3, -0.25) is 4.98 Å². The van der Waals surface area contributed by atoms with Gasteiger partial charge in [0.15, 0.2) is 0 Å². The van der Waals surface area contributed by atoms with Gasteiger partial charge in [0.25, 0.3) is 0 Å². The summed E-state index contributed by atoms with van der Waals surface area (Å²) in [6.07, 6.45) is 5.23. The minimum atomic E-state index is 0.510. The first-order valence-electron chi connectivity index (χ1n) is 6.00. The van der Waals surface area contributed by atoms with Crippen molar-refractivity contribution >= 4 is 11.0 Å². The van der Waals surface area contributed by atoms with Gasteiger partial charge < -0.3 is 9.72 Å². The lowest BCUT2D eigenvalue weighted by atomic mass is 10.2. The molecule has 0 aliphatic heterocycles. The van der Waals surface area contributed by atoms with Gasteiger partial charge in [-0.2, -0.15) is 0 Å². The summed E-state index contributed by atoms with van der Waals surface area (Å²) in [6.45, 7) is 4.13. The van der Waals surface area contributed by atoms with Crippen LogP contribution in [0.3, 0.4) is 0 Å². The normalized spacial score (nSPS) is 10.5. The second-order valence-electron chi connectivity index (χ2n) is 4.10. The topological polar surface area (TPSA) is 50.8 Å². The molecule has 1 N–H and O–H groups in total. The summed E-state index contributed by atoms with van der Waals surface area (Å²) in [7, 11) is 0. The van der Waals surface area contributed by atoms with E-state index in [-0.39, 0.29) is 0 Å². The predicted molar refractivity (Wildman–Crippen MR) is 75.0 cm³/mol. The standard InChI is InChI=1S/C15H13N3O/c1-2-9-19-12-5-3-11(4-6-12)15-17-13-7-8-16-10-14(13)18-15/h2-8,10H,1,9H2,(H,17,18). The third-order valence-corrected chi connectivity index (χ3v) is 2.78. The maximum absolute atomic E-state index is 5.45. The van der Waals surface area contributed by atoms with Gasteiger partial charge in [-0.15, -0.1) is 0 Å². The van der Waals surface area contributed by atoms with E-state index in [1.807, 2.05) is 30.3 Å². The van der Waals surface area contributed by atoms with Crippen LogP contribution in [-0.4, -0.2) is 21.6 Å². The number of benzene rings is 1. The molecule has 0 fully saturated rings. The highest BCUT2D eigenvalue weighted by Crippen LogP contribution is 2.22. The summed E-state index contributed by atoms with van der Waals surface area (Å²) in [5.41, 5.74) is 2.86. The highest BCUT2D eigenvalue weighted by molar-refractivity contribution is 5.78. The summed E-state index contributed by atoms with van der Waals surface area (Å²) < 4.78 is 5.45. The van der Waals surface area contributed by atoms with Crippen molar-refractivity contribution < 1.29 is 4.74 Å². The van der Waals surface area contributed by atoms with Crippen LogP contribution >= 0.6 is 0 Å². The highest BCUT2D eigenvalue weighted by atomic mass is 16.5. The number of nitrogens with one attached hydrogen (secondary N) is 1. The average molecular weight is 251 g/mol. The van der Waals surface area contributed by atoms with Gasteiger partial charge in [-0.05, 0) is 30.3 Å². The van der Waals surface area contributed by atoms with Crippen molar-refractivity contribution in [3.63, 3.8) is 0 Å². The Hall–Kier alpha value is -2.62. The Bertz CT molecular complexity index is 668. The number of fused-ring (bicyclic) bond motifs is 1. The van der Waals surface area contributed by atoms with Gasteiger partial charge in [0, 0.05) is 11.8 Å². The Labute approximate surface area is 110 Å². The number of hydrogen-bond donors (Lipinski definition) is 1. The van der Waals surface area contributed by atoms with Gasteiger partial charge in [-0.25, -0.2) is 4.98 Å². The Morgan fingerprint density at radius 2 is 2.05 bits per heavy atom. The molecular formula is C15H13N3O. The Kier molecular flexibility index (Phi) is 2.98. The van der Waals surface area contributed by atoms with Crippen LogP contribution < -0.4 is 4.74 Å². The first-order chi connectivity index (χ1) is 9.36. The van der Waals surface area contributed by atoms with E-state index < -0.39 is 0 Å². The van der Waals surface area contributed by atoms with Crippen molar-refractivity contribution in [2.24, 2.45) is 0 Å². The fourth-order valence-electron chi connectivity index (χ4n) is 1.86. The largest absolute Gasteiger partial charge is 0.490 e. The molecule has 0 saturated heterocycles. The first-order valence-corrected chi connectivity index (χ1v) is 6.00. The van der Waals surface area contributed by atoms with E-state index >= 15 is 0 Å². The molecule has 0 bridgehead atoms. The summed E-state index contributed by atoms with van der Waals surface area (Å²) >= 11 is 0. The van der Waals surface area contributed by atoms with Crippen LogP contribution in [0.5, 0.6) is 5.75 Å². The first kappa shape index (κ1) is 11.5. The van der Waals surface area contributed by atoms with Crippen molar-refractivity contribution in [2.75, 3.05) is 6.61 Å². The van der Waals surface area contributed by atoms with Crippen LogP contribution in [0.2, 0.25) is 0 Å². The molecule has 3 aromatic rings. The van der Waals surface area contributed by atoms with E-state index in [0.717, 1.165) is 28.2 Å². The second kappa shape index (κ2) is 4.94. The Morgan fingerprint density at radius 3 is 2.79 bits per heavy atom. The van der Waals surface area contributed by atoms with E-state index in [9.17, 15) is 0 Å². The molecular weight excluding hydrogens is 238 g/mol. The number of aromatic amines is 1. The fraction of sp³-hybridized carbons (Fsp3) is 0.0667. The van der Waals surface area contributed by atoms with Crippen LogP contribution in [0.1, 0.15) is 0 Å². The fourth-order valence-corrected chi connectivity index (χ4v) is 1.86. The molecule has 0 radical (unpaired) electrons. The van der Waals surface area contributed by atoms with Gasteiger partial charge in [-0.1, -0.05) is 12.7 Å². The average Bonchev–Trinajstić information content (AvgIpc) is 2.89. The molecule has 2 aromatic heterocycles. The van der Waals surface area contributed by atoms with Crippen molar-refractivity contribution in [1.29, 1.82) is 0 Å². The number of rotatable bonds is 4. The maximum Gasteiger partial charge on any atom is 0.138 e. The molecule has 0 amide bonds. The number of H-pyrrole nitrogens is 1. The van der Waals surface area contributed by atoms with Crippen molar-refractivity contribution in [3.05, 3.63) is 55.4 Å². The zero-order chi connectivity index (χ0) is 13.1. The molecule has 0 unspecified atom stereocenters. The number of aromatic nitrogens is 3. The van der Waals surface area contributed by atoms with E-state index in [0.29, 0.717) is 6.61 Å². The van der Waals surface area contributed by atoms with Crippen LogP contribution in [0, 0.1) is 0 Å². The number of imidazole rings is 1. The zero-order valence-electron chi connectivity index (χ0n) is 10.3. The summed E-state index contributed by atoms with van der Waals surface area (Å²) in [5.74, 6) is 1.65. The molecule has 0 aliphatic rings. The number of ether oxygens (including phenoxy) is 1. The summed E-state index contributed by atoms with van der Waals surface area (Å²) in [6, 6.07) is 9.68. The molecule has 4 nitrogen and oxygen atoms in total. The van der Waals surface area contributed by atoms with Crippen LogP contribution in [0.4, 0.5) is 0 Å². The molecule has 94 valence electrons. The van der Waals surface area contributed by atoms with Gasteiger partial charge >= 0.3 is 0 Å². The van der Waals surface area contributed by atoms with Gasteiger partial charge in [0.1, 0.15) is 18.2 Å². The van der Waals surface area contributed by atoms with E-state index in [1.54, 1.807) is 18.5 Å². The minimum Gasteiger partial charge on any atom is -0.490 e.